The van der Waals surface area contributed by atoms with Gasteiger partial charge in [0.2, 0.25) is 0 Å². The molecule has 0 radical (unpaired) electrons. The van der Waals surface area contributed by atoms with Crippen LogP contribution < -0.4 is 31.2 Å². The zero-order chi connectivity index (χ0) is 35.0. The van der Waals surface area contributed by atoms with Crippen molar-refractivity contribution in [3.05, 3.63) is 50.3 Å². The van der Waals surface area contributed by atoms with Crippen molar-refractivity contribution >= 4 is 35.2 Å². The molecule has 0 spiro atoms. The van der Waals surface area contributed by atoms with Gasteiger partial charge in [0.1, 0.15) is 35.1 Å². The smallest absolute Gasteiger partial charge is 0.490 e. The number of nitrogens with one attached hydrogen (secondary N) is 1. The highest BCUT2D eigenvalue weighted by atomic mass is 32.2. The average Bonchev–Trinajstić information content (AvgIpc) is 3.38. The topological polar surface area (TPSA) is 287 Å². The first-order valence-electron chi connectivity index (χ1n) is 13.0. The van der Waals surface area contributed by atoms with Gasteiger partial charge in [0.25, 0.3) is 5.56 Å². The fraction of sp³-hybridized carbons (Fsp3) is 0.478. The summed E-state index contributed by atoms with van der Waals surface area (Å²) in [5.74, 6) is 6.80. The van der Waals surface area contributed by atoms with E-state index in [1.807, 2.05) is 0 Å². The quantitative estimate of drug-likeness (QED) is 0.0598. The Labute approximate surface area is 270 Å². The molecule has 7 N–H and O–H groups in total. The van der Waals surface area contributed by atoms with E-state index in [1.54, 1.807) is 12.1 Å². The number of hydrogen-bond donors (Lipinski definition) is 6. The van der Waals surface area contributed by atoms with Crippen LogP contribution in [0.4, 0.5) is 0 Å². The van der Waals surface area contributed by atoms with Gasteiger partial charge in [0.15, 0.2) is 0 Å². The first-order valence-corrected chi connectivity index (χ1v) is 18.7. The van der Waals surface area contributed by atoms with E-state index in [1.165, 1.54) is 33.1 Å². The molecule has 0 saturated carbocycles. The molecule has 1 fully saturated rings. The second kappa shape index (κ2) is 16.7. The minimum absolute atomic E-state index is 0.0153. The summed E-state index contributed by atoms with van der Waals surface area (Å²) in [7, 11) is -12.5. The van der Waals surface area contributed by atoms with Crippen LogP contribution in [0.2, 0.25) is 0 Å². The Morgan fingerprint density at radius 2 is 1.70 bits per heavy atom. The van der Waals surface area contributed by atoms with Crippen LogP contribution in [0.5, 0.6) is 17.2 Å². The van der Waals surface area contributed by atoms with Crippen molar-refractivity contribution in [1.82, 2.24) is 9.55 Å². The van der Waals surface area contributed by atoms with E-state index in [2.05, 4.69) is 25.4 Å². The minimum Gasteiger partial charge on any atom is -0.496 e. The number of hydrogen-bond acceptors (Lipinski definition) is 15. The normalized spacial score (nSPS) is 20.5. The Kier molecular flexibility index (Phi) is 13.9. The number of methoxy groups -OCH3 is 3. The van der Waals surface area contributed by atoms with Crippen LogP contribution in [0.25, 0.3) is 0 Å². The van der Waals surface area contributed by atoms with Gasteiger partial charge >= 0.3 is 29.2 Å². The summed E-state index contributed by atoms with van der Waals surface area (Å²) in [4.78, 5) is 63.8. The predicted octanol–water partition coefficient (Wildman–Crippen LogP) is 0.780. The summed E-state index contributed by atoms with van der Waals surface area (Å²) in [5.41, 5.74) is 4.29. The molecule has 2 aromatic rings. The molecule has 3 rings (SSSR count). The van der Waals surface area contributed by atoms with E-state index in [4.69, 9.17) is 43.7 Å². The fourth-order valence-electron chi connectivity index (χ4n) is 4.10. The molecule has 1 aromatic heterocycles. The SMILES string of the molecule is COc1cc(OC)c(CSCO[C@H]2C[C@H](n3cc(C#CCN)c(=O)[nH]c3=O)O[C@@H]2COP(=O)(O)OP(=O)(O)OP(=O)(O)O)c(OC)c1. The van der Waals surface area contributed by atoms with Crippen molar-refractivity contribution in [2.24, 2.45) is 5.73 Å². The summed E-state index contributed by atoms with van der Waals surface area (Å²) >= 11 is 1.26. The summed E-state index contributed by atoms with van der Waals surface area (Å²) in [6.07, 6.45) is -2.28. The molecule has 1 saturated heterocycles. The van der Waals surface area contributed by atoms with Crippen LogP contribution in [-0.2, 0) is 42.1 Å². The maximum absolute atomic E-state index is 12.6. The second-order valence-electron chi connectivity index (χ2n) is 9.15. The number of nitrogens with zero attached hydrogens (tertiary/aromatic N) is 1. The number of rotatable bonds is 16. The Hall–Kier alpha value is -2.50. The molecule has 1 aliphatic heterocycles. The third-order valence-electron chi connectivity index (χ3n) is 6.03. The summed E-state index contributed by atoms with van der Waals surface area (Å²) in [6.45, 7) is -0.920. The van der Waals surface area contributed by atoms with Gasteiger partial charge in [0.05, 0.1) is 46.5 Å². The molecule has 2 heterocycles. The summed E-state index contributed by atoms with van der Waals surface area (Å²) in [6, 6.07) is 3.34. The van der Waals surface area contributed by atoms with Crippen molar-refractivity contribution in [1.29, 1.82) is 0 Å². The lowest BCUT2D eigenvalue weighted by molar-refractivity contribution is -0.0544. The molecule has 0 aliphatic carbocycles. The average molecular weight is 748 g/mol. The highest BCUT2D eigenvalue weighted by Crippen LogP contribution is 2.66. The number of phosphoric acid groups is 3. The molecule has 2 unspecified atom stereocenters. The van der Waals surface area contributed by atoms with Gasteiger partial charge in [-0.05, 0) is 0 Å². The third-order valence-corrected chi connectivity index (χ3v) is 10.6. The van der Waals surface area contributed by atoms with Gasteiger partial charge in [-0.25, -0.2) is 18.5 Å². The summed E-state index contributed by atoms with van der Waals surface area (Å²) in [5, 5.41) is 0. The standard InChI is InChI=1S/C23H32N3O17P3S/c1-36-15-7-17(37-2)16(18(8-15)38-3)12-47-13-39-19-9-21(26-10-14(5-4-6-24)22(27)25-23(26)28)41-20(19)11-40-45(32,33)43-46(34,35)42-44(29,30)31/h7-8,10,19-21H,6,9,11-13,24H2,1-3H3,(H,32,33)(H,34,35)(H,25,27,28)(H2,29,30,31)/t19-,20+,21+/m0/s1. The lowest BCUT2D eigenvalue weighted by atomic mass is 10.2. The highest BCUT2D eigenvalue weighted by molar-refractivity contribution is 7.98. The molecular weight excluding hydrogens is 715 g/mol. The van der Waals surface area contributed by atoms with E-state index in [0.717, 1.165) is 10.8 Å². The number of nitrogens with two attached hydrogens (primary N) is 1. The fourth-order valence-corrected chi connectivity index (χ4v) is 7.97. The predicted molar refractivity (Wildman–Crippen MR) is 163 cm³/mol. The minimum atomic E-state index is -5.77. The highest BCUT2D eigenvalue weighted by Gasteiger charge is 2.43. The Morgan fingerprint density at radius 3 is 2.28 bits per heavy atom. The molecule has 0 bridgehead atoms. The molecule has 47 heavy (non-hydrogen) atoms. The first-order chi connectivity index (χ1) is 22.0. The van der Waals surface area contributed by atoms with E-state index in [9.17, 15) is 33.1 Å². The van der Waals surface area contributed by atoms with Gasteiger partial charge in [0, 0.05) is 36.1 Å². The number of thioether (sulfide) groups is 1. The zero-order valence-corrected chi connectivity index (χ0v) is 28.4. The Balaban J connectivity index is 1.80. The number of aromatic nitrogens is 2. The monoisotopic (exact) mass is 747 g/mol. The second-order valence-corrected chi connectivity index (χ2v) is 14.5. The molecular formula is C23H32N3O17P3S. The van der Waals surface area contributed by atoms with Crippen molar-refractivity contribution in [3.63, 3.8) is 0 Å². The van der Waals surface area contributed by atoms with Gasteiger partial charge in [-0.1, -0.05) is 11.8 Å². The van der Waals surface area contributed by atoms with Gasteiger partial charge in [-0.2, -0.15) is 8.62 Å². The maximum Gasteiger partial charge on any atom is 0.490 e. The van der Waals surface area contributed by atoms with Crippen molar-refractivity contribution in [2.45, 2.75) is 30.6 Å². The lowest BCUT2D eigenvalue weighted by Gasteiger charge is -2.21. The van der Waals surface area contributed by atoms with E-state index in [0.29, 0.717) is 28.6 Å². The lowest BCUT2D eigenvalue weighted by Crippen LogP contribution is -2.33. The first kappa shape index (κ1) is 38.9. The molecule has 1 aromatic carbocycles. The van der Waals surface area contributed by atoms with Crippen LogP contribution in [0.1, 0.15) is 23.8 Å². The Morgan fingerprint density at radius 1 is 1.04 bits per heavy atom. The van der Waals surface area contributed by atoms with Crippen LogP contribution in [-0.4, -0.2) is 81.8 Å². The van der Waals surface area contributed by atoms with Crippen molar-refractivity contribution < 1.29 is 70.1 Å². The van der Waals surface area contributed by atoms with Crippen LogP contribution in [0, 0.1) is 11.8 Å². The van der Waals surface area contributed by atoms with E-state index in [-0.39, 0.29) is 24.5 Å². The number of phosphoric ester groups is 1. The number of H-pyrrole nitrogens is 1. The molecule has 1 aliphatic rings. The maximum atomic E-state index is 12.6. The van der Waals surface area contributed by atoms with Crippen LogP contribution in [0.15, 0.2) is 27.9 Å². The third kappa shape index (κ3) is 11.6. The van der Waals surface area contributed by atoms with Crippen molar-refractivity contribution in [2.75, 3.05) is 40.4 Å². The zero-order valence-electron chi connectivity index (χ0n) is 24.9. The van der Waals surface area contributed by atoms with Gasteiger partial charge in [-0.3, -0.25) is 18.9 Å². The molecule has 262 valence electrons. The van der Waals surface area contributed by atoms with Crippen molar-refractivity contribution in [3.8, 4) is 29.1 Å². The molecule has 5 atom stereocenters. The molecule has 20 nitrogen and oxygen atoms in total. The van der Waals surface area contributed by atoms with Crippen LogP contribution >= 0.6 is 35.2 Å². The molecule has 24 heteroatoms. The van der Waals surface area contributed by atoms with E-state index >= 15 is 0 Å². The summed E-state index contributed by atoms with van der Waals surface area (Å²) < 4.78 is 76.1. The number of ether oxygens (including phenoxy) is 5. The van der Waals surface area contributed by atoms with Gasteiger partial charge < -0.3 is 49.0 Å². The Bertz CT molecular complexity index is 1710. The van der Waals surface area contributed by atoms with Gasteiger partial charge in [-0.15, -0.1) is 11.8 Å². The van der Waals surface area contributed by atoms with E-state index < -0.39 is 59.8 Å². The number of benzene rings is 1. The van der Waals surface area contributed by atoms with Crippen LogP contribution in [0.3, 0.4) is 0 Å². The molecule has 0 amide bonds. The largest absolute Gasteiger partial charge is 0.496 e. The number of aromatic amines is 1.